The molecule has 5 heteroatoms. The molecule has 2 aromatic rings. The Bertz CT molecular complexity index is 638. The third-order valence-corrected chi connectivity index (χ3v) is 4.02. The van der Waals surface area contributed by atoms with Crippen LogP contribution in [0.15, 0.2) is 48.5 Å². The zero-order valence-corrected chi connectivity index (χ0v) is 13.7. The second-order valence-electron chi connectivity index (χ2n) is 5.74. The topological polar surface area (TPSA) is 55.6 Å². The molecule has 0 saturated carbocycles. The average molecular weight is 314 g/mol. The van der Waals surface area contributed by atoms with E-state index >= 15 is 0 Å². The number of non-ortho nitro benzene ring substituents is 1. The molecular formula is C18H22N2O3. The predicted molar refractivity (Wildman–Crippen MR) is 90.7 cm³/mol. The SMILES string of the molecule is COc1ccc(CC(C)N(C)Cc2ccc([N+](=O)[O-])cc2)cc1. The summed E-state index contributed by atoms with van der Waals surface area (Å²) in [4.78, 5) is 12.5. The number of benzene rings is 2. The minimum Gasteiger partial charge on any atom is -0.497 e. The lowest BCUT2D eigenvalue weighted by Crippen LogP contribution is -2.30. The first-order valence-electron chi connectivity index (χ1n) is 7.56. The van der Waals surface area contributed by atoms with E-state index in [1.165, 1.54) is 5.56 Å². The monoisotopic (exact) mass is 314 g/mol. The number of hydrogen-bond donors (Lipinski definition) is 0. The molecule has 0 aliphatic carbocycles. The van der Waals surface area contributed by atoms with Crippen molar-refractivity contribution in [3.8, 4) is 5.75 Å². The van der Waals surface area contributed by atoms with Crippen molar-refractivity contribution in [3.63, 3.8) is 0 Å². The Hall–Kier alpha value is -2.40. The summed E-state index contributed by atoms with van der Waals surface area (Å²) in [7, 11) is 3.73. The summed E-state index contributed by atoms with van der Waals surface area (Å²) in [6.45, 7) is 2.94. The molecule has 23 heavy (non-hydrogen) atoms. The summed E-state index contributed by atoms with van der Waals surface area (Å²) in [5, 5.41) is 10.7. The maximum atomic E-state index is 10.7. The van der Waals surface area contributed by atoms with Gasteiger partial charge in [0.05, 0.1) is 12.0 Å². The lowest BCUT2D eigenvalue weighted by molar-refractivity contribution is -0.384. The van der Waals surface area contributed by atoms with E-state index in [1.54, 1.807) is 19.2 Å². The predicted octanol–water partition coefficient (Wildman–Crippen LogP) is 3.67. The number of methoxy groups -OCH3 is 1. The van der Waals surface area contributed by atoms with Crippen LogP contribution in [0.5, 0.6) is 5.75 Å². The molecule has 0 radical (unpaired) electrons. The van der Waals surface area contributed by atoms with Crippen LogP contribution in [0.1, 0.15) is 18.1 Å². The van der Waals surface area contributed by atoms with Gasteiger partial charge in [0, 0.05) is 24.7 Å². The molecule has 1 unspecified atom stereocenters. The molecule has 0 aromatic heterocycles. The molecule has 1 atom stereocenters. The summed E-state index contributed by atoms with van der Waals surface area (Å²) >= 11 is 0. The van der Waals surface area contributed by atoms with Crippen LogP contribution < -0.4 is 4.74 Å². The first kappa shape index (κ1) is 17.0. The third-order valence-electron chi connectivity index (χ3n) is 4.02. The van der Waals surface area contributed by atoms with E-state index in [2.05, 4.69) is 31.0 Å². The minimum absolute atomic E-state index is 0.127. The number of hydrogen-bond acceptors (Lipinski definition) is 4. The Morgan fingerprint density at radius 1 is 1.09 bits per heavy atom. The number of likely N-dealkylation sites (N-methyl/N-ethyl adjacent to an activating group) is 1. The van der Waals surface area contributed by atoms with Gasteiger partial charge in [0.1, 0.15) is 5.75 Å². The number of nitro groups is 1. The van der Waals surface area contributed by atoms with E-state index in [0.717, 1.165) is 24.3 Å². The number of ether oxygens (including phenoxy) is 1. The Morgan fingerprint density at radius 3 is 2.17 bits per heavy atom. The second kappa shape index (κ2) is 7.74. The van der Waals surface area contributed by atoms with Crippen molar-refractivity contribution in [3.05, 3.63) is 69.8 Å². The van der Waals surface area contributed by atoms with E-state index in [9.17, 15) is 10.1 Å². The largest absolute Gasteiger partial charge is 0.497 e. The van der Waals surface area contributed by atoms with Crippen molar-refractivity contribution in [2.24, 2.45) is 0 Å². The lowest BCUT2D eigenvalue weighted by atomic mass is 10.1. The maximum Gasteiger partial charge on any atom is 0.269 e. The number of rotatable bonds is 7. The quantitative estimate of drug-likeness (QED) is 0.578. The average Bonchev–Trinajstić information content (AvgIpc) is 2.56. The second-order valence-corrected chi connectivity index (χ2v) is 5.74. The van der Waals surface area contributed by atoms with Gasteiger partial charge in [-0.2, -0.15) is 0 Å². The molecule has 0 heterocycles. The van der Waals surface area contributed by atoms with Gasteiger partial charge in [-0.15, -0.1) is 0 Å². The van der Waals surface area contributed by atoms with Gasteiger partial charge in [-0.05, 0) is 43.7 Å². The molecule has 0 aliphatic heterocycles. The Kier molecular flexibility index (Phi) is 5.71. The molecule has 122 valence electrons. The zero-order chi connectivity index (χ0) is 16.8. The van der Waals surface area contributed by atoms with Gasteiger partial charge in [-0.3, -0.25) is 15.0 Å². The van der Waals surface area contributed by atoms with Crippen molar-refractivity contribution < 1.29 is 9.66 Å². The third kappa shape index (κ3) is 4.79. The summed E-state index contributed by atoms with van der Waals surface area (Å²) in [6.07, 6.45) is 0.938. The molecule has 0 fully saturated rings. The minimum atomic E-state index is -0.375. The summed E-state index contributed by atoms with van der Waals surface area (Å²) in [5.74, 6) is 0.862. The van der Waals surface area contributed by atoms with Crippen molar-refractivity contribution >= 4 is 5.69 Å². The van der Waals surface area contributed by atoms with E-state index in [4.69, 9.17) is 4.74 Å². The van der Waals surface area contributed by atoms with Gasteiger partial charge in [-0.1, -0.05) is 24.3 Å². The van der Waals surface area contributed by atoms with Crippen LogP contribution in [0, 0.1) is 10.1 Å². The number of nitro benzene ring substituents is 1. The smallest absolute Gasteiger partial charge is 0.269 e. The highest BCUT2D eigenvalue weighted by Gasteiger charge is 2.12. The van der Waals surface area contributed by atoms with Crippen LogP contribution in [0.25, 0.3) is 0 Å². The van der Waals surface area contributed by atoms with Crippen molar-refractivity contribution in [1.29, 1.82) is 0 Å². The Labute approximate surface area is 136 Å². The van der Waals surface area contributed by atoms with Crippen LogP contribution in [-0.2, 0) is 13.0 Å². The van der Waals surface area contributed by atoms with Crippen molar-refractivity contribution in [2.45, 2.75) is 25.9 Å². The fourth-order valence-corrected chi connectivity index (χ4v) is 2.43. The first-order valence-corrected chi connectivity index (χ1v) is 7.56. The summed E-state index contributed by atoms with van der Waals surface area (Å²) < 4.78 is 5.17. The van der Waals surface area contributed by atoms with Gasteiger partial charge >= 0.3 is 0 Å². The van der Waals surface area contributed by atoms with Crippen molar-refractivity contribution in [2.75, 3.05) is 14.2 Å². The lowest BCUT2D eigenvalue weighted by Gasteiger charge is -2.25. The zero-order valence-electron chi connectivity index (χ0n) is 13.7. The fourth-order valence-electron chi connectivity index (χ4n) is 2.43. The normalized spacial score (nSPS) is 12.2. The Morgan fingerprint density at radius 2 is 1.65 bits per heavy atom. The molecular weight excluding hydrogens is 292 g/mol. The molecule has 0 bridgehead atoms. The maximum absolute atomic E-state index is 10.7. The van der Waals surface area contributed by atoms with E-state index < -0.39 is 0 Å². The molecule has 0 N–H and O–H groups in total. The van der Waals surface area contributed by atoms with Gasteiger partial charge in [-0.25, -0.2) is 0 Å². The van der Waals surface area contributed by atoms with Gasteiger partial charge in [0.2, 0.25) is 0 Å². The highest BCUT2D eigenvalue weighted by atomic mass is 16.6. The van der Waals surface area contributed by atoms with E-state index in [-0.39, 0.29) is 10.6 Å². The standard InChI is InChI=1S/C18H22N2O3/c1-14(12-15-6-10-18(23-3)11-7-15)19(2)13-16-4-8-17(9-5-16)20(21)22/h4-11,14H,12-13H2,1-3H3. The van der Waals surface area contributed by atoms with E-state index in [1.807, 2.05) is 24.3 Å². The van der Waals surface area contributed by atoms with Crippen molar-refractivity contribution in [1.82, 2.24) is 4.90 Å². The highest BCUT2D eigenvalue weighted by Crippen LogP contribution is 2.17. The van der Waals surface area contributed by atoms with Gasteiger partial charge in [0.25, 0.3) is 5.69 Å². The molecule has 2 rings (SSSR count). The first-order chi connectivity index (χ1) is 11.0. The summed E-state index contributed by atoms with van der Waals surface area (Å²) in [5.41, 5.74) is 2.45. The number of nitrogens with zero attached hydrogens (tertiary/aromatic N) is 2. The fraction of sp³-hybridized carbons (Fsp3) is 0.333. The van der Waals surface area contributed by atoms with E-state index in [0.29, 0.717) is 6.04 Å². The molecule has 0 saturated heterocycles. The van der Waals surface area contributed by atoms with Crippen LogP contribution >= 0.6 is 0 Å². The summed E-state index contributed by atoms with van der Waals surface area (Å²) in [6, 6.07) is 15.2. The van der Waals surface area contributed by atoms with Crippen LogP contribution in [-0.4, -0.2) is 30.0 Å². The molecule has 5 nitrogen and oxygen atoms in total. The van der Waals surface area contributed by atoms with Gasteiger partial charge < -0.3 is 4.74 Å². The molecule has 0 aliphatic rings. The van der Waals surface area contributed by atoms with Crippen LogP contribution in [0.3, 0.4) is 0 Å². The molecule has 0 amide bonds. The Balaban J connectivity index is 1.93. The molecule has 2 aromatic carbocycles. The molecule has 0 spiro atoms. The highest BCUT2D eigenvalue weighted by molar-refractivity contribution is 5.33. The van der Waals surface area contributed by atoms with Crippen LogP contribution in [0.2, 0.25) is 0 Å². The van der Waals surface area contributed by atoms with Gasteiger partial charge in [0.15, 0.2) is 0 Å². The van der Waals surface area contributed by atoms with Crippen LogP contribution in [0.4, 0.5) is 5.69 Å².